The van der Waals surface area contributed by atoms with E-state index in [1.807, 2.05) is 24.3 Å². The van der Waals surface area contributed by atoms with Crippen LogP contribution in [0.1, 0.15) is 54.9 Å². The van der Waals surface area contributed by atoms with Crippen LogP contribution in [-0.4, -0.2) is 18.5 Å². The van der Waals surface area contributed by atoms with Gasteiger partial charge in [0, 0.05) is 17.2 Å². The highest BCUT2D eigenvalue weighted by atomic mass is 16.1. The first-order valence-electron chi connectivity index (χ1n) is 7.82. The van der Waals surface area contributed by atoms with E-state index in [0.29, 0.717) is 18.2 Å². The zero-order valence-corrected chi connectivity index (χ0v) is 12.7. The van der Waals surface area contributed by atoms with E-state index in [-0.39, 0.29) is 5.91 Å². The fourth-order valence-electron chi connectivity index (χ4n) is 2.88. The van der Waals surface area contributed by atoms with Gasteiger partial charge in [-0.2, -0.15) is 0 Å². The number of hydrogen-bond donors (Lipinski definition) is 2. The van der Waals surface area contributed by atoms with Crippen molar-refractivity contribution in [2.24, 2.45) is 11.7 Å². The number of benzene rings is 1. The Morgan fingerprint density at radius 2 is 2.10 bits per heavy atom. The van der Waals surface area contributed by atoms with Crippen molar-refractivity contribution in [1.29, 1.82) is 0 Å². The molecule has 0 atom stereocenters. The van der Waals surface area contributed by atoms with Crippen LogP contribution in [0.25, 0.3) is 0 Å². The summed E-state index contributed by atoms with van der Waals surface area (Å²) in [4.78, 5) is 12.3. The number of carbonyl (C=O) groups excluding carboxylic acids is 1. The molecule has 0 aliphatic heterocycles. The quantitative estimate of drug-likeness (QED) is 0.839. The summed E-state index contributed by atoms with van der Waals surface area (Å²) in [5, 5.41) is 3.15. The zero-order valence-electron chi connectivity index (χ0n) is 12.7. The molecule has 1 aliphatic carbocycles. The summed E-state index contributed by atoms with van der Waals surface area (Å²) in [7, 11) is 0. The van der Waals surface area contributed by atoms with Gasteiger partial charge >= 0.3 is 0 Å². The molecule has 3 N–H and O–H groups in total. The third-order valence-electron chi connectivity index (χ3n) is 4.22. The molecule has 1 aromatic rings. The van der Waals surface area contributed by atoms with Crippen LogP contribution in [0.4, 0.5) is 0 Å². The average molecular weight is 284 g/mol. The van der Waals surface area contributed by atoms with Crippen LogP contribution >= 0.6 is 0 Å². The second kappa shape index (κ2) is 7.85. The van der Waals surface area contributed by atoms with E-state index in [9.17, 15) is 4.79 Å². The molecule has 21 heavy (non-hydrogen) atoms. The van der Waals surface area contributed by atoms with Gasteiger partial charge in [0.05, 0.1) is 6.54 Å². The lowest BCUT2D eigenvalue weighted by Gasteiger charge is -2.28. The average Bonchev–Trinajstić information content (AvgIpc) is 2.54. The largest absolute Gasteiger partial charge is 0.349 e. The van der Waals surface area contributed by atoms with Crippen LogP contribution in [0, 0.1) is 17.8 Å². The Bertz CT molecular complexity index is 534. The second-order valence-electron chi connectivity index (χ2n) is 5.69. The van der Waals surface area contributed by atoms with Gasteiger partial charge in [0.15, 0.2) is 0 Å². The van der Waals surface area contributed by atoms with Crippen molar-refractivity contribution in [3.8, 4) is 11.8 Å². The van der Waals surface area contributed by atoms with Gasteiger partial charge in [-0.15, -0.1) is 0 Å². The first-order valence-corrected chi connectivity index (χ1v) is 7.82. The van der Waals surface area contributed by atoms with E-state index in [0.717, 1.165) is 24.3 Å². The number of nitrogens with two attached hydrogens (primary N) is 1. The highest BCUT2D eigenvalue weighted by Gasteiger charge is 2.21. The van der Waals surface area contributed by atoms with Gasteiger partial charge in [-0.25, -0.2) is 0 Å². The molecule has 0 unspecified atom stereocenters. The molecule has 0 heterocycles. The van der Waals surface area contributed by atoms with Crippen LogP contribution in [0.3, 0.4) is 0 Å². The summed E-state index contributed by atoms with van der Waals surface area (Å²) in [6.07, 6.45) is 5.89. The van der Waals surface area contributed by atoms with Crippen LogP contribution < -0.4 is 11.1 Å². The molecule has 0 radical (unpaired) electrons. The van der Waals surface area contributed by atoms with E-state index in [2.05, 4.69) is 24.1 Å². The Morgan fingerprint density at radius 3 is 2.76 bits per heavy atom. The van der Waals surface area contributed by atoms with Gasteiger partial charge < -0.3 is 11.1 Å². The first-order chi connectivity index (χ1) is 10.2. The Labute approximate surface area is 127 Å². The van der Waals surface area contributed by atoms with Crippen molar-refractivity contribution < 1.29 is 4.79 Å². The van der Waals surface area contributed by atoms with E-state index < -0.39 is 0 Å². The SMILES string of the molecule is CCC1CCC(NC(=O)c2cccc(C#CCN)c2)CC1. The molecule has 0 saturated heterocycles. The lowest BCUT2D eigenvalue weighted by Crippen LogP contribution is -2.37. The fraction of sp³-hybridized carbons (Fsp3) is 0.500. The highest BCUT2D eigenvalue weighted by Crippen LogP contribution is 2.26. The first kappa shape index (κ1) is 15.6. The molecule has 1 aromatic carbocycles. The van der Waals surface area contributed by atoms with Crippen molar-refractivity contribution in [3.63, 3.8) is 0 Å². The van der Waals surface area contributed by atoms with Crippen molar-refractivity contribution in [1.82, 2.24) is 5.32 Å². The van der Waals surface area contributed by atoms with Gasteiger partial charge in [0.1, 0.15) is 0 Å². The molecule has 3 nitrogen and oxygen atoms in total. The van der Waals surface area contributed by atoms with E-state index in [4.69, 9.17) is 5.73 Å². The Kier molecular flexibility index (Phi) is 5.83. The Hall–Kier alpha value is -1.79. The van der Waals surface area contributed by atoms with Gasteiger partial charge in [-0.1, -0.05) is 31.3 Å². The van der Waals surface area contributed by atoms with E-state index >= 15 is 0 Å². The topological polar surface area (TPSA) is 55.1 Å². The molecule has 1 fully saturated rings. The summed E-state index contributed by atoms with van der Waals surface area (Å²) in [6.45, 7) is 2.58. The molecule has 0 aromatic heterocycles. The highest BCUT2D eigenvalue weighted by molar-refractivity contribution is 5.94. The summed E-state index contributed by atoms with van der Waals surface area (Å²) in [5.41, 5.74) is 6.88. The molecule has 0 spiro atoms. The lowest BCUT2D eigenvalue weighted by atomic mass is 9.84. The third kappa shape index (κ3) is 4.61. The van der Waals surface area contributed by atoms with Crippen molar-refractivity contribution in [2.45, 2.75) is 45.1 Å². The number of amides is 1. The predicted molar refractivity (Wildman–Crippen MR) is 85.9 cm³/mol. The lowest BCUT2D eigenvalue weighted by molar-refractivity contribution is 0.0921. The molecule has 1 aliphatic rings. The maximum atomic E-state index is 12.3. The minimum Gasteiger partial charge on any atom is -0.349 e. The molecule has 2 rings (SSSR count). The standard InChI is InChI=1S/C18H24N2O/c1-2-14-8-10-17(11-9-14)20-18(21)16-7-3-5-15(13-16)6-4-12-19/h3,5,7,13-14,17H,2,8-12,19H2,1H3,(H,20,21). The molecule has 1 saturated carbocycles. The normalized spacial score (nSPS) is 21.2. The smallest absolute Gasteiger partial charge is 0.251 e. The van der Waals surface area contributed by atoms with Gasteiger partial charge in [-0.05, 0) is 49.8 Å². The van der Waals surface area contributed by atoms with Crippen molar-refractivity contribution in [3.05, 3.63) is 35.4 Å². The van der Waals surface area contributed by atoms with Crippen LogP contribution in [0.5, 0.6) is 0 Å². The Balaban J connectivity index is 1.94. The minimum atomic E-state index is 0.00588. The number of rotatable bonds is 3. The Morgan fingerprint density at radius 1 is 1.33 bits per heavy atom. The number of nitrogens with one attached hydrogen (secondary N) is 1. The van der Waals surface area contributed by atoms with E-state index in [1.165, 1.54) is 19.3 Å². The van der Waals surface area contributed by atoms with Crippen LogP contribution in [0.2, 0.25) is 0 Å². The van der Waals surface area contributed by atoms with Crippen molar-refractivity contribution in [2.75, 3.05) is 6.54 Å². The predicted octanol–water partition coefficient (Wildman–Crippen LogP) is 2.70. The zero-order chi connectivity index (χ0) is 15.1. The molecule has 1 amide bonds. The molecule has 0 bridgehead atoms. The second-order valence-corrected chi connectivity index (χ2v) is 5.69. The summed E-state index contributed by atoms with van der Waals surface area (Å²) in [6, 6.07) is 7.74. The van der Waals surface area contributed by atoms with Gasteiger partial charge in [0.2, 0.25) is 0 Å². The summed E-state index contributed by atoms with van der Waals surface area (Å²) < 4.78 is 0. The maximum absolute atomic E-state index is 12.3. The van der Waals surface area contributed by atoms with Crippen LogP contribution in [-0.2, 0) is 0 Å². The molecular formula is C18H24N2O. The monoisotopic (exact) mass is 284 g/mol. The van der Waals surface area contributed by atoms with Gasteiger partial charge in [-0.3, -0.25) is 4.79 Å². The number of hydrogen-bond acceptors (Lipinski definition) is 2. The van der Waals surface area contributed by atoms with Crippen molar-refractivity contribution >= 4 is 5.91 Å². The van der Waals surface area contributed by atoms with Crippen LogP contribution in [0.15, 0.2) is 24.3 Å². The molecular weight excluding hydrogens is 260 g/mol. The molecule has 112 valence electrons. The van der Waals surface area contributed by atoms with Gasteiger partial charge in [0.25, 0.3) is 5.91 Å². The molecule has 3 heteroatoms. The third-order valence-corrected chi connectivity index (χ3v) is 4.22. The summed E-state index contributed by atoms with van der Waals surface area (Å²) >= 11 is 0. The van der Waals surface area contributed by atoms with E-state index in [1.54, 1.807) is 0 Å². The maximum Gasteiger partial charge on any atom is 0.251 e. The fourth-order valence-corrected chi connectivity index (χ4v) is 2.88. The summed E-state index contributed by atoms with van der Waals surface area (Å²) in [5.74, 6) is 6.62. The minimum absolute atomic E-state index is 0.00588. The number of carbonyl (C=O) groups is 1.